The maximum atomic E-state index is 11.6. The molecule has 0 fully saturated rings. The molecule has 0 N–H and O–H groups in total. The van der Waals surface area contributed by atoms with E-state index in [1.54, 1.807) is 6.26 Å². The number of ketones is 1. The Balaban J connectivity index is 4.00. The molecule has 0 saturated heterocycles. The lowest BCUT2D eigenvalue weighted by molar-refractivity contribution is -0.126. The summed E-state index contributed by atoms with van der Waals surface area (Å²) in [5.74, 6) is 1.12. The summed E-state index contributed by atoms with van der Waals surface area (Å²) < 4.78 is 10.9. The molecule has 3 heteroatoms. The molecular formula is C10H20O2S. The van der Waals surface area contributed by atoms with Gasteiger partial charge in [0.2, 0.25) is 0 Å². The molecule has 2 nitrogen and oxygen atoms in total. The number of carbonyl (C=O) groups excluding carboxylic acids is 1. The predicted molar refractivity (Wildman–Crippen MR) is 57.2 cm³/mol. The number of hydrogen-bond donors (Lipinski definition) is 0. The highest BCUT2D eigenvalue weighted by molar-refractivity contribution is 7.84. The second-order valence-electron chi connectivity index (χ2n) is 4.72. The van der Waals surface area contributed by atoms with Crippen molar-refractivity contribution in [1.82, 2.24) is 0 Å². The second-order valence-corrected chi connectivity index (χ2v) is 6.20. The van der Waals surface area contributed by atoms with Gasteiger partial charge in [-0.3, -0.25) is 9.00 Å². The third-order valence-corrected chi connectivity index (χ3v) is 2.93. The summed E-state index contributed by atoms with van der Waals surface area (Å²) in [6.45, 7) is 7.74. The Morgan fingerprint density at radius 3 is 2.15 bits per heavy atom. The molecular weight excluding hydrogens is 184 g/mol. The minimum absolute atomic E-state index is 0.234. The Labute approximate surface area is 83.6 Å². The first-order valence-electron chi connectivity index (χ1n) is 4.57. The van der Waals surface area contributed by atoms with Crippen LogP contribution in [0.2, 0.25) is 0 Å². The molecule has 13 heavy (non-hydrogen) atoms. The van der Waals surface area contributed by atoms with E-state index in [0.717, 1.165) is 0 Å². The van der Waals surface area contributed by atoms with Gasteiger partial charge in [0.25, 0.3) is 0 Å². The van der Waals surface area contributed by atoms with Crippen LogP contribution in [0, 0.1) is 11.3 Å². The smallest absolute Gasteiger partial charge is 0.138 e. The Bertz CT molecular complexity index is 203. The molecule has 0 radical (unpaired) electrons. The van der Waals surface area contributed by atoms with Crippen LogP contribution in [0.25, 0.3) is 0 Å². The quantitative estimate of drug-likeness (QED) is 0.702. The van der Waals surface area contributed by atoms with E-state index in [-0.39, 0.29) is 17.1 Å². The average molecular weight is 204 g/mol. The van der Waals surface area contributed by atoms with E-state index >= 15 is 0 Å². The van der Waals surface area contributed by atoms with E-state index in [0.29, 0.717) is 12.2 Å². The Morgan fingerprint density at radius 2 is 1.85 bits per heavy atom. The van der Waals surface area contributed by atoms with Crippen LogP contribution in [-0.2, 0) is 15.6 Å². The standard InChI is InChI=1S/C10H20O2S/c1-8(7-13(5)12)6-9(11)10(2,3)4/h8H,6-7H2,1-5H3. The van der Waals surface area contributed by atoms with Crippen molar-refractivity contribution in [2.24, 2.45) is 11.3 Å². The molecule has 78 valence electrons. The van der Waals surface area contributed by atoms with Crippen LogP contribution in [0.4, 0.5) is 0 Å². The monoisotopic (exact) mass is 204 g/mol. The summed E-state index contributed by atoms with van der Waals surface area (Å²) in [5, 5.41) is 0. The lowest BCUT2D eigenvalue weighted by Gasteiger charge is -2.18. The molecule has 0 spiro atoms. The van der Waals surface area contributed by atoms with Crippen LogP contribution in [0.1, 0.15) is 34.1 Å². The molecule has 0 aromatic rings. The highest BCUT2D eigenvalue weighted by atomic mass is 32.2. The minimum Gasteiger partial charge on any atom is -0.299 e. The average Bonchev–Trinajstić information content (AvgIpc) is 1.82. The first-order valence-corrected chi connectivity index (χ1v) is 6.29. The Hall–Kier alpha value is -0.180. The molecule has 2 unspecified atom stereocenters. The Kier molecular flexibility index (Phi) is 4.82. The first kappa shape index (κ1) is 12.8. The Morgan fingerprint density at radius 1 is 1.38 bits per heavy atom. The van der Waals surface area contributed by atoms with Gasteiger partial charge in [-0.2, -0.15) is 0 Å². The van der Waals surface area contributed by atoms with Crippen LogP contribution in [0.15, 0.2) is 0 Å². The summed E-state index contributed by atoms with van der Waals surface area (Å²) in [6, 6.07) is 0. The van der Waals surface area contributed by atoms with Crippen molar-refractivity contribution in [3.63, 3.8) is 0 Å². The summed E-state index contributed by atoms with van der Waals surface area (Å²) in [5.41, 5.74) is -0.260. The van der Waals surface area contributed by atoms with Gasteiger partial charge in [0.05, 0.1) is 0 Å². The van der Waals surface area contributed by atoms with E-state index in [2.05, 4.69) is 0 Å². The van der Waals surface area contributed by atoms with Crippen molar-refractivity contribution in [2.75, 3.05) is 12.0 Å². The molecule has 0 aliphatic heterocycles. The van der Waals surface area contributed by atoms with Gasteiger partial charge in [-0.05, 0) is 5.92 Å². The molecule has 0 aliphatic rings. The molecule has 0 aliphatic carbocycles. The highest BCUT2D eigenvalue weighted by Crippen LogP contribution is 2.19. The van der Waals surface area contributed by atoms with Gasteiger partial charge < -0.3 is 0 Å². The van der Waals surface area contributed by atoms with Crippen molar-refractivity contribution in [1.29, 1.82) is 0 Å². The molecule has 0 heterocycles. The van der Waals surface area contributed by atoms with Gasteiger partial charge in [-0.25, -0.2) is 0 Å². The molecule has 2 atom stereocenters. The van der Waals surface area contributed by atoms with Crippen molar-refractivity contribution >= 4 is 16.6 Å². The van der Waals surface area contributed by atoms with Crippen molar-refractivity contribution < 1.29 is 9.00 Å². The number of hydrogen-bond acceptors (Lipinski definition) is 2. The summed E-state index contributed by atoms with van der Waals surface area (Å²) in [4.78, 5) is 11.6. The maximum absolute atomic E-state index is 11.6. The van der Waals surface area contributed by atoms with Gasteiger partial charge >= 0.3 is 0 Å². The fraction of sp³-hybridized carbons (Fsp3) is 0.900. The fourth-order valence-electron chi connectivity index (χ4n) is 1.08. The third-order valence-electron chi connectivity index (χ3n) is 1.89. The van der Waals surface area contributed by atoms with E-state index in [9.17, 15) is 9.00 Å². The van der Waals surface area contributed by atoms with Crippen LogP contribution < -0.4 is 0 Å². The van der Waals surface area contributed by atoms with Gasteiger partial charge in [-0.1, -0.05) is 27.7 Å². The van der Waals surface area contributed by atoms with E-state index in [1.807, 2.05) is 27.7 Å². The van der Waals surface area contributed by atoms with E-state index < -0.39 is 10.8 Å². The van der Waals surface area contributed by atoms with E-state index in [4.69, 9.17) is 0 Å². The van der Waals surface area contributed by atoms with Crippen LogP contribution >= 0.6 is 0 Å². The summed E-state index contributed by atoms with van der Waals surface area (Å²) in [6.07, 6.45) is 2.22. The summed E-state index contributed by atoms with van der Waals surface area (Å²) >= 11 is 0. The van der Waals surface area contributed by atoms with Crippen molar-refractivity contribution in [3.8, 4) is 0 Å². The van der Waals surface area contributed by atoms with Gasteiger partial charge in [0, 0.05) is 34.6 Å². The predicted octanol–water partition coefficient (Wildman–Crippen LogP) is 2.01. The number of Topliss-reactive ketones (excluding diaryl/α,β-unsaturated/α-hetero) is 1. The highest BCUT2D eigenvalue weighted by Gasteiger charge is 2.23. The summed E-state index contributed by atoms with van der Waals surface area (Å²) in [7, 11) is -0.791. The van der Waals surface area contributed by atoms with E-state index in [1.165, 1.54) is 0 Å². The zero-order valence-corrected chi connectivity index (χ0v) is 10.0. The molecule has 0 amide bonds. The lowest BCUT2D eigenvalue weighted by atomic mass is 9.86. The maximum Gasteiger partial charge on any atom is 0.138 e. The SMILES string of the molecule is CC(CC(=O)C(C)(C)C)CS(C)=O. The largest absolute Gasteiger partial charge is 0.299 e. The van der Waals surface area contributed by atoms with Crippen LogP contribution in [-0.4, -0.2) is 22.0 Å². The number of carbonyl (C=O) groups is 1. The zero-order chi connectivity index (χ0) is 10.6. The van der Waals surface area contributed by atoms with Crippen LogP contribution in [0.3, 0.4) is 0 Å². The minimum atomic E-state index is -0.791. The molecule has 0 aromatic heterocycles. The van der Waals surface area contributed by atoms with Crippen molar-refractivity contribution in [3.05, 3.63) is 0 Å². The zero-order valence-electron chi connectivity index (χ0n) is 9.22. The van der Waals surface area contributed by atoms with Gasteiger partial charge in [0.1, 0.15) is 5.78 Å². The van der Waals surface area contributed by atoms with Crippen molar-refractivity contribution in [2.45, 2.75) is 34.1 Å². The second kappa shape index (κ2) is 4.89. The number of rotatable bonds is 4. The van der Waals surface area contributed by atoms with Gasteiger partial charge in [-0.15, -0.1) is 0 Å². The molecule has 0 bridgehead atoms. The van der Waals surface area contributed by atoms with Crippen LogP contribution in [0.5, 0.6) is 0 Å². The topological polar surface area (TPSA) is 34.1 Å². The fourth-order valence-corrected chi connectivity index (χ4v) is 2.00. The normalized spacial score (nSPS) is 16.7. The lowest BCUT2D eigenvalue weighted by Crippen LogP contribution is -2.23. The third kappa shape index (κ3) is 5.97. The molecule has 0 aromatic carbocycles. The molecule has 0 saturated carbocycles. The van der Waals surface area contributed by atoms with Gasteiger partial charge in [0.15, 0.2) is 0 Å². The first-order chi connectivity index (χ1) is 5.73. The molecule has 0 rings (SSSR count).